The molecule has 3 aromatic rings. The van der Waals surface area contributed by atoms with Crippen molar-refractivity contribution in [3.63, 3.8) is 0 Å². The molecule has 7 nitrogen and oxygen atoms in total. The van der Waals surface area contributed by atoms with Gasteiger partial charge in [-0.1, -0.05) is 22.9 Å². The van der Waals surface area contributed by atoms with E-state index in [2.05, 4.69) is 10.3 Å². The molecule has 1 N–H and O–H groups in total. The highest BCUT2D eigenvalue weighted by molar-refractivity contribution is 7.16. The van der Waals surface area contributed by atoms with Gasteiger partial charge in [0.05, 0.1) is 16.8 Å². The molecular formula is C20H20ClN3O4S. The zero-order valence-corrected chi connectivity index (χ0v) is 17.5. The lowest BCUT2D eigenvalue weighted by molar-refractivity contribution is -0.120. The third-order valence-electron chi connectivity index (χ3n) is 3.92. The number of halogens is 1. The van der Waals surface area contributed by atoms with Gasteiger partial charge in [-0.25, -0.2) is 0 Å². The summed E-state index contributed by atoms with van der Waals surface area (Å²) in [4.78, 5) is 28.4. The molecule has 2 amide bonds. The van der Waals surface area contributed by atoms with E-state index < -0.39 is 5.91 Å². The fourth-order valence-electron chi connectivity index (χ4n) is 2.65. The Labute approximate surface area is 176 Å². The lowest BCUT2D eigenvalue weighted by Crippen LogP contribution is -2.21. The summed E-state index contributed by atoms with van der Waals surface area (Å²) in [6.07, 6.45) is 0. The van der Waals surface area contributed by atoms with Gasteiger partial charge in [-0.3, -0.25) is 9.59 Å². The van der Waals surface area contributed by atoms with E-state index in [-0.39, 0.29) is 12.5 Å². The first-order valence-electron chi connectivity index (χ1n) is 8.82. The maximum absolute atomic E-state index is 12.4. The van der Waals surface area contributed by atoms with E-state index in [9.17, 15) is 9.59 Å². The van der Waals surface area contributed by atoms with E-state index in [0.717, 1.165) is 10.2 Å². The summed E-state index contributed by atoms with van der Waals surface area (Å²) >= 11 is 7.21. The number of ether oxygens (including phenoxy) is 2. The summed E-state index contributed by atoms with van der Waals surface area (Å²) in [6.45, 7) is 2.29. The van der Waals surface area contributed by atoms with Gasteiger partial charge in [-0.2, -0.15) is 4.99 Å². The highest BCUT2D eigenvalue weighted by Gasteiger charge is 2.10. The number of benzene rings is 2. The molecule has 0 saturated carbocycles. The van der Waals surface area contributed by atoms with Crippen molar-refractivity contribution in [2.75, 3.05) is 25.6 Å². The van der Waals surface area contributed by atoms with E-state index in [1.165, 1.54) is 18.3 Å². The van der Waals surface area contributed by atoms with Crippen LogP contribution in [0.15, 0.2) is 47.5 Å². The summed E-state index contributed by atoms with van der Waals surface area (Å²) < 4.78 is 13.5. The molecule has 1 heterocycles. The number of fused-ring (bicyclic) bond motifs is 1. The lowest BCUT2D eigenvalue weighted by atomic mass is 10.3. The van der Waals surface area contributed by atoms with Gasteiger partial charge < -0.3 is 19.4 Å². The Balaban J connectivity index is 1.87. The maximum atomic E-state index is 12.4. The number of hydrogen-bond donors (Lipinski definition) is 1. The molecule has 0 aliphatic heterocycles. The average Bonchev–Trinajstić information content (AvgIpc) is 3.01. The normalized spacial score (nSPS) is 11.6. The Bertz CT molecular complexity index is 1090. The molecule has 9 heteroatoms. The number of nitrogens with one attached hydrogen (secondary N) is 1. The van der Waals surface area contributed by atoms with Crippen molar-refractivity contribution in [3.8, 4) is 5.75 Å². The van der Waals surface area contributed by atoms with Crippen LogP contribution in [-0.2, 0) is 20.9 Å². The van der Waals surface area contributed by atoms with Crippen LogP contribution in [0, 0.1) is 0 Å². The Hall–Kier alpha value is -2.68. The quantitative estimate of drug-likeness (QED) is 0.618. The van der Waals surface area contributed by atoms with Crippen molar-refractivity contribution in [1.82, 2.24) is 4.57 Å². The minimum absolute atomic E-state index is 0.146. The third-order valence-corrected chi connectivity index (χ3v) is 5.21. The molecule has 0 spiro atoms. The first-order valence-corrected chi connectivity index (χ1v) is 10.0. The number of anilines is 1. The number of carbonyl (C=O) groups is 2. The van der Waals surface area contributed by atoms with E-state index >= 15 is 0 Å². The molecule has 0 unspecified atom stereocenters. The van der Waals surface area contributed by atoms with Gasteiger partial charge in [0, 0.05) is 31.3 Å². The molecular weight excluding hydrogens is 414 g/mol. The minimum atomic E-state index is -0.403. The van der Waals surface area contributed by atoms with Crippen molar-refractivity contribution in [2.45, 2.75) is 13.5 Å². The predicted octanol–water partition coefficient (Wildman–Crippen LogP) is 3.47. The van der Waals surface area contributed by atoms with Gasteiger partial charge in [0.25, 0.3) is 5.91 Å². The molecule has 0 atom stereocenters. The molecule has 0 radical (unpaired) electrons. The van der Waals surface area contributed by atoms with Crippen LogP contribution < -0.4 is 14.9 Å². The Kier molecular flexibility index (Phi) is 7.03. The topological polar surface area (TPSA) is 81.9 Å². The van der Waals surface area contributed by atoms with Crippen LogP contribution in [0.1, 0.15) is 6.92 Å². The van der Waals surface area contributed by atoms with Crippen LogP contribution in [0.2, 0.25) is 5.02 Å². The van der Waals surface area contributed by atoms with Crippen molar-refractivity contribution in [2.24, 2.45) is 4.99 Å². The first kappa shape index (κ1) is 21.0. The van der Waals surface area contributed by atoms with Crippen LogP contribution in [0.25, 0.3) is 10.2 Å². The monoisotopic (exact) mass is 433 g/mol. The zero-order valence-electron chi connectivity index (χ0n) is 16.0. The summed E-state index contributed by atoms with van der Waals surface area (Å²) in [7, 11) is 1.62. The van der Waals surface area contributed by atoms with Gasteiger partial charge in [-0.05, 0) is 42.5 Å². The SMILES string of the molecule is COCCn1c(=NC(=O)COc2ccc(Cl)cc2)sc2cc(NC(C)=O)ccc21. The highest BCUT2D eigenvalue weighted by atomic mass is 35.5. The summed E-state index contributed by atoms with van der Waals surface area (Å²) in [5.41, 5.74) is 1.60. The molecule has 0 aliphatic rings. The number of methoxy groups -OCH3 is 1. The molecule has 2 aromatic carbocycles. The molecule has 1 aromatic heterocycles. The van der Waals surface area contributed by atoms with E-state index in [1.54, 1.807) is 31.4 Å². The Morgan fingerprint density at radius 2 is 1.97 bits per heavy atom. The summed E-state index contributed by atoms with van der Waals surface area (Å²) in [5, 5.41) is 3.35. The number of amides is 2. The second kappa shape index (κ2) is 9.69. The molecule has 0 aliphatic carbocycles. The Morgan fingerprint density at radius 3 is 2.66 bits per heavy atom. The van der Waals surface area contributed by atoms with Crippen LogP contribution in [0.4, 0.5) is 5.69 Å². The molecule has 0 saturated heterocycles. The number of rotatable bonds is 7. The van der Waals surface area contributed by atoms with Crippen LogP contribution in [0.5, 0.6) is 5.75 Å². The standard InChI is InChI=1S/C20H20ClN3O4S/c1-13(25)22-15-5-8-17-18(11-15)29-20(24(17)9-10-27-2)23-19(26)12-28-16-6-3-14(21)4-7-16/h3-8,11H,9-10,12H2,1-2H3,(H,22,25). The zero-order chi connectivity index (χ0) is 20.8. The van der Waals surface area contributed by atoms with Gasteiger partial charge >= 0.3 is 0 Å². The van der Waals surface area contributed by atoms with Gasteiger partial charge in [-0.15, -0.1) is 0 Å². The second-order valence-corrected chi connectivity index (χ2v) is 7.59. The fraction of sp³-hybridized carbons (Fsp3) is 0.250. The highest BCUT2D eigenvalue weighted by Crippen LogP contribution is 2.22. The number of hydrogen-bond acceptors (Lipinski definition) is 5. The molecule has 29 heavy (non-hydrogen) atoms. The molecule has 3 rings (SSSR count). The van der Waals surface area contributed by atoms with Crippen LogP contribution >= 0.6 is 22.9 Å². The average molecular weight is 434 g/mol. The van der Waals surface area contributed by atoms with Gasteiger partial charge in [0.15, 0.2) is 11.4 Å². The number of aromatic nitrogens is 1. The van der Waals surface area contributed by atoms with Crippen molar-refractivity contribution >= 4 is 50.7 Å². The van der Waals surface area contributed by atoms with Crippen molar-refractivity contribution in [3.05, 3.63) is 52.3 Å². The smallest absolute Gasteiger partial charge is 0.286 e. The summed E-state index contributed by atoms with van der Waals surface area (Å²) in [6, 6.07) is 12.3. The predicted molar refractivity (Wildman–Crippen MR) is 114 cm³/mol. The maximum Gasteiger partial charge on any atom is 0.286 e. The number of thiazole rings is 1. The van der Waals surface area contributed by atoms with Crippen molar-refractivity contribution in [1.29, 1.82) is 0 Å². The number of carbonyl (C=O) groups excluding carboxylic acids is 2. The lowest BCUT2D eigenvalue weighted by Gasteiger charge is -2.06. The van der Waals surface area contributed by atoms with Gasteiger partial charge in [0.2, 0.25) is 5.91 Å². The van der Waals surface area contributed by atoms with Crippen LogP contribution in [-0.4, -0.2) is 36.7 Å². The first-order chi connectivity index (χ1) is 14.0. The third kappa shape index (κ3) is 5.66. The minimum Gasteiger partial charge on any atom is -0.484 e. The Morgan fingerprint density at radius 1 is 1.21 bits per heavy atom. The molecule has 152 valence electrons. The summed E-state index contributed by atoms with van der Waals surface area (Å²) in [5.74, 6) is -0.00569. The molecule has 0 fully saturated rings. The fourth-order valence-corrected chi connectivity index (χ4v) is 3.89. The second-order valence-electron chi connectivity index (χ2n) is 6.14. The molecule has 0 bridgehead atoms. The largest absolute Gasteiger partial charge is 0.484 e. The van der Waals surface area contributed by atoms with E-state index in [1.807, 2.05) is 22.8 Å². The number of nitrogens with zero attached hydrogens (tertiary/aromatic N) is 2. The van der Waals surface area contributed by atoms with Crippen LogP contribution in [0.3, 0.4) is 0 Å². The van der Waals surface area contributed by atoms with Gasteiger partial charge in [0.1, 0.15) is 5.75 Å². The van der Waals surface area contributed by atoms with E-state index in [4.69, 9.17) is 21.1 Å². The van der Waals surface area contributed by atoms with Crippen molar-refractivity contribution < 1.29 is 19.1 Å². The van der Waals surface area contributed by atoms with E-state index in [0.29, 0.717) is 34.4 Å².